The number of hydrogen-bond acceptors (Lipinski definition) is 3. The SMILES string of the molecule is CN1CCC(NC(=O)N2CC3CCCC3C2C(=O)O)C1=O. The highest BCUT2D eigenvalue weighted by Crippen LogP contribution is 2.42. The van der Waals surface area contributed by atoms with Crippen LogP contribution in [0.25, 0.3) is 0 Å². The van der Waals surface area contributed by atoms with Crippen molar-refractivity contribution in [3.8, 4) is 0 Å². The van der Waals surface area contributed by atoms with E-state index in [4.69, 9.17) is 0 Å². The average Bonchev–Trinajstić information content (AvgIpc) is 3.07. The Morgan fingerprint density at radius 3 is 2.67 bits per heavy atom. The summed E-state index contributed by atoms with van der Waals surface area (Å²) in [5, 5.41) is 12.1. The predicted octanol–water partition coefficient (Wildman–Crippen LogP) is 0.112. The first-order valence-corrected chi connectivity index (χ1v) is 7.54. The molecule has 0 bridgehead atoms. The van der Waals surface area contributed by atoms with Crippen molar-refractivity contribution < 1.29 is 19.5 Å². The van der Waals surface area contributed by atoms with Crippen LogP contribution in [0.3, 0.4) is 0 Å². The molecule has 4 atom stereocenters. The number of carbonyl (C=O) groups is 3. The number of amides is 3. The van der Waals surface area contributed by atoms with Gasteiger partial charge in [-0.3, -0.25) is 4.79 Å². The molecule has 2 aliphatic heterocycles. The number of nitrogens with zero attached hydrogens (tertiary/aromatic N) is 2. The van der Waals surface area contributed by atoms with Gasteiger partial charge in [0.25, 0.3) is 0 Å². The van der Waals surface area contributed by atoms with Gasteiger partial charge in [0.2, 0.25) is 5.91 Å². The van der Waals surface area contributed by atoms with Gasteiger partial charge in [-0.2, -0.15) is 0 Å². The number of carboxylic acids is 1. The lowest BCUT2D eigenvalue weighted by atomic mass is 9.94. The molecule has 0 spiro atoms. The number of likely N-dealkylation sites (tertiary alicyclic amines) is 2. The molecule has 0 aromatic rings. The maximum Gasteiger partial charge on any atom is 0.326 e. The Morgan fingerprint density at radius 2 is 2.05 bits per heavy atom. The Kier molecular flexibility index (Phi) is 3.51. The van der Waals surface area contributed by atoms with E-state index in [1.54, 1.807) is 11.9 Å². The van der Waals surface area contributed by atoms with Gasteiger partial charge in [0, 0.05) is 20.1 Å². The van der Waals surface area contributed by atoms with Crippen LogP contribution in [0.1, 0.15) is 25.7 Å². The number of carboxylic acid groups (broad SMARTS) is 1. The van der Waals surface area contributed by atoms with Crippen LogP contribution in [0.15, 0.2) is 0 Å². The summed E-state index contributed by atoms with van der Waals surface area (Å²) in [5.41, 5.74) is 0. The smallest absolute Gasteiger partial charge is 0.326 e. The number of nitrogens with one attached hydrogen (secondary N) is 1. The second-order valence-corrected chi connectivity index (χ2v) is 6.34. The number of aliphatic carboxylic acids is 1. The molecular formula is C14H21N3O4. The fourth-order valence-corrected chi connectivity index (χ4v) is 4.02. The minimum atomic E-state index is -0.936. The van der Waals surface area contributed by atoms with Gasteiger partial charge in [-0.05, 0) is 31.1 Å². The van der Waals surface area contributed by atoms with Crippen molar-refractivity contribution in [2.45, 2.75) is 37.8 Å². The third-order valence-corrected chi connectivity index (χ3v) is 5.13. The molecule has 1 saturated carbocycles. The number of likely N-dealkylation sites (N-methyl/N-ethyl adjacent to an activating group) is 1. The van der Waals surface area contributed by atoms with Crippen molar-refractivity contribution in [3.05, 3.63) is 0 Å². The summed E-state index contributed by atoms with van der Waals surface area (Å²) < 4.78 is 0. The Labute approximate surface area is 123 Å². The summed E-state index contributed by atoms with van der Waals surface area (Å²) >= 11 is 0. The number of urea groups is 1. The molecule has 2 saturated heterocycles. The van der Waals surface area contributed by atoms with E-state index in [1.165, 1.54) is 4.90 Å². The van der Waals surface area contributed by atoms with E-state index < -0.39 is 24.1 Å². The molecule has 21 heavy (non-hydrogen) atoms. The van der Waals surface area contributed by atoms with Crippen molar-refractivity contribution in [1.29, 1.82) is 0 Å². The molecule has 116 valence electrons. The molecule has 2 N–H and O–H groups in total. The lowest BCUT2D eigenvalue weighted by molar-refractivity contribution is -0.142. The lowest BCUT2D eigenvalue weighted by Crippen LogP contribution is -2.52. The summed E-state index contributed by atoms with van der Waals surface area (Å²) in [4.78, 5) is 38.7. The molecule has 0 radical (unpaired) electrons. The quantitative estimate of drug-likeness (QED) is 0.756. The molecule has 3 fully saturated rings. The maximum absolute atomic E-state index is 12.4. The van der Waals surface area contributed by atoms with E-state index in [0.717, 1.165) is 19.3 Å². The first-order chi connectivity index (χ1) is 9.99. The van der Waals surface area contributed by atoms with Crippen molar-refractivity contribution in [3.63, 3.8) is 0 Å². The van der Waals surface area contributed by atoms with E-state index >= 15 is 0 Å². The first kappa shape index (κ1) is 14.2. The Bertz CT molecular complexity index is 481. The van der Waals surface area contributed by atoms with Crippen molar-refractivity contribution in [2.75, 3.05) is 20.1 Å². The van der Waals surface area contributed by atoms with Gasteiger partial charge in [0.15, 0.2) is 0 Å². The molecule has 7 heteroatoms. The Balaban J connectivity index is 1.69. The highest BCUT2D eigenvalue weighted by Gasteiger charge is 2.50. The second-order valence-electron chi connectivity index (χ2n) is 6.34. The normalized spacial score (nSPS) is 35.2. The minimum Gasteiger partial charge on any atom is -0.480 e. The summed E-state index contributed by atoms with van der Waals surface area (Å²) in [6.45, 7) is 1.11. The van der Waals surface area contributed by atoms with Crippen LogP contribution in [0, 0.1) is 11.8 Å². The predicted molar refractivity (Wildman–Crippen MR) is 73.5 cm³/mol. The van der Waals surface area contributed by atoms with Gasteiger partial charge in [-0.1, -0.05) is 6.42 Å². The molecule has 2 heterocycles. The molecule has 4 unspecified atom stereocenters. The zero-order valence-electron chi connectivity index (χ0n) is 12.1. The molecule has 0 aromatic carbocycles. The highest BCUT2D eigenvalue weighted by molar-refractivity contribution is 5.90. The standard InChI is InChI=1S/C14H21N3O4/c1-16-6-5-10(12(16)18)15-14(21)17-7-8-3-2-4-9(8)11(17)13(19)20/h8-11H,2-7H2,1H3,(H,15,21)(H,19,20). The molecule has 0 aromatic heterocycles. The van der Waals surface area contributed by atoms with Crippen molar-refractivity contribution in [2.24, 2.45) is 11.8 Å². The number of carbonyl (C=O) groups excluding carboxylic acids is 2. The fourth-order valence-electron chi connectivity index (χ4n) is 4.02. The minimum absolute atomic E-state index is 0.0650. The Hall–Kier alpha value is -1.79. The summed E-state index contributed by atoms with van der Waals surface area (Å²) in [7, 11) is 1.70. The number of fused-ring (bicyclic) bond motifs is 1. The largest absolute Gasteiger partial charge is 0.480 e. The van der Waals surface area contributed by atoms with E-state index in [0.29, 0.717) is 25.4 Å². The van der Waals surface area contributed by atoms with Gasteiger partial charge in [0.1, 0.15) is 12.1 Å². The average molecular weight is 295 g/mol. The highest BCUT2D eigenvalue weighted by atomic mass is 16.4. The van der Waals surface area contributed by atoms with Gasteiger partial charge in [-0.25, -0.2) is 9.59 Å². The maximum atomic E-state index is 12.4. The zero-order valence-corrected chi connectivity index (χ0v) is 12.1. The van der Waals surface area contributed by atoms with Gasteiger partial charge < -0.3 is 20.2 Å². The fraction of sp³-hybridized carbons (Fsp3) is 0.786. The second kappa shape index (κ2) is 5.20. The van der Waals surface area contributed by atoms with Crippen LogP contribution in [-0.2, 0) is 9.59 Å². The molecular weight excluding hydrogens is 274 g/mol. The van der Waals surface area contributed by atoms with Gasteiger partial charge in [-0.15, -0.1) is 0 Å². The molecule has 1 aliphatic carbocycles. The summed E-state index contributed by atoms with van der Waals surface area (Å²) in [5.74, 6) is -0.682. The third kappa shape index (κ3) is 2.34. The van der Waals surface area contributed by atoms with E-state index in [9.17, 15) is 19.5 Å². The third-order valence-electron chi connectivity index (χ3n) is 5.13. The van der Waals surface area contributed by atoms with Gasteiger partial charge >= 0.3 is 12.0 Å². The lowest BCUT2D eigenvalue weighted by Gasteiger charge is -2.26. The van der Waals surface area contributed by atoms with E-state index in [1.807, 2.05) is 0 Å². The number of rotatable bonds is 2. The van der Waals surface area contributed by atoms with Crippen molar-refractivity contribution >= 4 is 17.9 Å². The summed E-state index contributed by atoms with van der Waals surface area (Å²) in [6, 6.07) is -1.67. The van der Waals surface area contributed by atoms with Crippen LogP contribution < -0.4 is 5.32 Å². The van der Waals surface area contributed by atoms with Gasteiger partial charge in [0.05, 0.1) is 0 Å². The van der Waals surface area contributed by atoms with Crippen LogP contribution in [0.2, 0.25) is 0 Å². The monoisotopic (exact) mass is 295 g/mol. The van der Waals surface area contributed by atoms with E-state index in [2.05, 4.69) is 5.32 Å². The van der Waals surface area contributed by atoms with Crippen LogP contribution >= 0.6 is 0 Å². The van der Waals surface area contributed by atoms with Crippen LogP contribution in [0.4, 0.5) is 4.79 Å². The number of hydrogen-bond donors (Lipinski definition) is 2. The Morgan fingerprint density at radius 1 is 1.29 bits per heavy atom. The van der Waals surface area contributed by atoms with Crippen molar-refractivity contribution in [1.82, 2.24) is 15.1 Å². The van der Waals surface area contributed by atoms with Crippen LogP contribution in [0.5, 0.6) is 0 Å². The van der Waals surface area contributed by atoms with Crippen LogP contribution in [-0.4, -0.2) is 65.0 Å². The molecule has 3 aliphatic rings. The summed E-state index contributed by atoms with van der Waals surface area (Å²) in [6.07, 6.45) is 3.49. The van der Waals surface area contributed by atoms with E-state index in [-0.39, 0.29) is 11.8 Å². The zero-order chi connectivity index (χ0) is 15.1. The topological polar surface area (TPSA) is 90.0 Å². The molecule has 3 amide bonds. The molecule has 7 nitrogen and oxygen atoms in total. The first-order valence-electron chi connectivity index (χ1n) is 7.54. The molecule has 3 rings (SSSR count).